The second kappa shape index (κ2) is 46.5. The van der Waals surface area contributed by atoms with E-state index in [9.17, 15) is 41.5 Å². The van der Waals surface area contributed by atoms with Gasteiger partial charge >= 0.3 is 35.5 Å². The maximum atomic E-state index is 13.1. The van der Waals surface area contributed by atoms with Crippen molar-refractivity contribution in [3.63, 3.8) is 0 Å². The minimum absolute atomic E-state index is 0. The van der Waals surface area contributed by atoms with Gasteiger partial charge in [-0.3, -0.25) is 43.9 Å². The van der Waals surface area contributed by atoms with E-state index in [-0.39, 0.29) is 123 Å². The number of carboxylic acid groups (broad SMARTS) is 1. The molecule has 118 heavy (non-hydrogen) atoms. The van der Waals surface area contributed by atoms with Gasteiger partial charge in [-0.25, -0.2) is 18.2 Å². The normalized spacial score (nSPS) is 14.5. The molecule has 10 heterocycles. The van der Waals surface area contributed by atoms with Crippen LogP contribution in [0.3, 0.4) is 0 Å². The number of carbonyl (C=O) groups is 5. The van der Waals surface area contributed by atoms with E-state index in [0.29, 0.717) is 98.8 Å². The van der Waals surface area contributed by atoms with Crippen LogP contribution in [0.4, 0.5) is 40.3 Å². The molecule has 5 fully saturated rings. The Morgan fingerprint density at radius 2 is 0.847 bits per heavy atom. The van der Waals surface area contributed by atoms with E-state index < -0.39 is 39.5 Å². The molecule has 614 valence electrons. The SMILES string of the molecule is C.Cc1nc(C2(C#N)COC2)ccc1Br.Cc1nc(C2(C(=O)Nc3ccc(F)cc3)COC2)ccc1Br.Cc1nc(C2(C(=O)Nc3ccc(F)cc3)COC2)ccc1NC(=O)c1cccc(Cl)c1.Cc1nc(C2(C(=O)O)COC2)ccc1Br.Cc1nc(F)ccc1Br.N#CC1COC1.NC(=O)c1cccc(Cl)c1.Nc1ccc(F)cc1.[Na+].[OH-]. The van der Waals surface area contributed by atoms with Crippen molar-refractivity contribution in [3.05, 3.63) is 296 Å². The number of nitrogens with one attached hydrogen (secondary N) is 3. The Hall–Kier alpha value is -9.04. The molecule has 0 unspecified atom stereocenters. The summed E-state index contributed by atoms with van der Waals surface area (Å²) in [5.41, 5.74) is 16.4. The number of hydrogen-bond acceptors (Lipinski definition) is 19. The second-order valence-corrected chi connectivity index (χ2v) is 30.5. The van der Waals surface area contributed by atoms with Crippen molar-refractivity contribution >= 4 is 139 Å². The van der Waals surface area contributed by atoms with Gasteiger partial charge in [0.15, 0.2) is 5.41 Å². The van der Waals surface area contributed by atoms with Crippen molar-refractivity contribution in [1.82, 2.24) is 24.9 Å². The quantitative estimate of drug-likeness (QED) is 0.0286. The Kier molecular flexibility index (Phi) is 39.2. The first kappa shape index (κ1) is 99.5. The summed E-state index contributed by atoms with van der Waals surface area (Å²) in [5, 5.41) is 35.7. The van der Waals surface area contributed by atoms with Crippen LogP contribution >= 0.6 is 86.9 Å². The largest absolute Gasteiger partial charge is 1.00 e. The molecule has 0 bridgehead atoms. The fourth-order valence-electron chi connectivity index (χ4n) is 10.4. The Morgan fingerprint density at radius 3 is 1.15 bits per heavy atom. The molecule has 4 amide bonds. The van der Waals surface area contributed by atoms with E-state index in [4.69, 9.17) is 74.0 Å². The average molecular weight is 1930 g/mol. The smallest absolute Gasteiger partial charge is 0.870 e. The van der Waals surface area contributed by atoms with Gasteiger partial charge in [-0.2, -0.15) is 14.9 Å². The number of ether oxygens (including phenoxy) is 5. The van der Waals surface area contributed by atoms with Crippen LogP contribution in [0.5, 0.6) is 0 Å². The zero-order chi connectivity index (χ0) is 83.8. The third kappa shape index (κ3) is 27.0. The summed E-state index contributed by atoms with van der Waals surface area (Å²) in [4.78, 5) is 81.1. The first-order valence-electron chi connectivity index (χ1n) is 34.6. The Morgan fingerprint density at radius 1 is 0.483 bits per heavy atom. The maximum absolute atomic E-state index is 13.1. The standard InChI is InChI=1S/C23H19ClFN3O3.C16H14BrFN2O2.C10H9BrN2O.C10H10BrNO3.C7H6ClNO.C6H5BrFN.C6H6FN.C4H5NO.CH4.Na.H2O/c1-14-19(28-21(29)15-3-2-4-16(24)11-15)9-10-20(26-14)23(12-31-13-23)22(30)27-18-7-5-17(25)6-8-18;1-10-13(17)6-7-14(19-10)16(8-22-9-16)15(21)20-12-4-2-11(18)3-5-12;1-7-8(11)2-3-9(13-7)10(4-12)5-14-6-10;1-6-7(11)2-3-8(12-6)10(9(13)14)4-15-5-10;8-6-3-1-2-5(4-6)7(9)10;1-4-5(7)2-3-6(8)9-4;7-5-1-3-6(8)4-2-5;5-1-4-2-6-3-4;;;/h2-11H,12-13H2,1H3,(H,27,30)(H,28,29);2-7H,8-9H2,1H3,(H,20,21);2-3H,5-6H2,1H3;2-3H,4-5H2,1H3,(H,13,14);1-4H,(H2,9,10);2-3H,1H3;1-4H,8H2;4H,2-3H2;1H4;;1H2/q;;;;;;;;;+1;/p-1. The zero-order valence-corrected chi connectivity index (χ0v) is 73.4. The van der Waals surface area contributed by atoms with Gasteiger partial charge in [-0.1, -0.05) is 42.8 Å². The molecule has 5 saturated heterocycles. The average Bonchev–Trinajstić information content (AvgIpc) is 0.776. The number of amides is 4. The number of halogens is 10. The number of aromatic nitrogens is 5. The molecular weight excluding hydrogens is 1850 g/mol. The van der Waals surface area contributed by atoms with Crippen LogP contribution < -0.4 is 57.0 Å². The van der Waals surface area contributed by atoms with Gasteiger partial charge in [0, 0.05) is 56.1 Å². The molecule has 0 saturated carbocycles. The van der Waals surface area contributed by atoms with Gasteiger partial charge < -0.3 is 61.7 Å². The number of nitrogens with two attached hydrogens (primary N) is 2. The van der Waals surface area contributed by atoms with Gasteiger partial charge in [0.05, 0.1) is 141 Å². The molecule has 5 aromatic carbocycles. The molecular formula is C83H79Br4Cl2F4N12NaO12. The van der Waals surface area contributed by atoms with Crippen LogP contribution in [-0.2, 0) is 59.7 Å². The van der Waals surface area contributed by atoms with E-state index in [1.54, 1.807) is 80.6 Å². The summed E-state index contributed by atoms with van der Waals surface area (Å²) >= 11 is 24.8. The molecule has 9 N–H and O–H groups in total. The van der Waals surface area contributed by atoms with Crippen LogP contribution in [0.2, 0.25) is 10.0 Å². The fraction of sp³-hybridized carbons (Fsp3) is 0.253. The minimum atomic E-state index is -0.950. The van der Waals surface area contributed by atoms with Crippen LogP contribution in [0.15, 0.2) is 200 Å². The molecule has 0 spiro atoms. The number of nitrogen functional groups attached to an aromatic ring is 1. The monoisotopic (exact) mass is 1920 g/mol. The van der Waals surface area contributed by atoms with Gasteiger partial charge in [0.1, 0.15) is 33.7 Å². The second-order valence-electron chi connectivity index (χ2n) is 26.2. The molecule has 35 heteroatoms. The molecule has 0 aliphatic carbocycles. The third-order valence-electron chi connectivity index (χ3n) is 17.7. The number of aliphatic carboxylic acids is 1. The van der Waals surface area contributed by atoms with E-state index >= 15 is 0 Å². The van der Waals surface area contributed by atoms with Crippen molar-refractivity contribution < 1.29 is 105 Å². The first-order valence-corrected chi connectivity index (χ1v) is 38.6. The number of anilines is 4. The number of carboxylic acids is 1. The van der Waals surface area contributed by atoms with Gasteiger partial charge in [-0.15, -0.1) is 0 Å². The summed E-state index contributed by atoms with van der Waals surface area (Å²) in [6, 6.07) is 51.8. The first-order chi connectivity index (χ1) is 54.7. The fourth-order valence-corrected chi connectivity index (χ4v) is 11.6. The van der Waals surface area contributed by atoms with Gasteiger partial charge in [-0.05, 0) is 268 Å². The predicted molar refractivity (Wildman–Crippen MR) is 448 cm³/mol. The van der Waals surface area contributed by atoms with Crippen molar-refractivity contribution in [2.45, 2.75) is 63.7 Å². The van der Waals surface area contributed by atoms with Gasteiger partial charge in [0.25, 0.3) is 5.91 Å². The number of nitriles is 2. The summed E-state index contributed by atoms with van der Waals surface area (Å²) in [6.45, 7) is 12.7. The molecule has 0 radical (unpaired) electrons. The maximum Gasteiger partial charge on any atom is 1.00 e. The number of nitrogens with zero attached hydrogens (tertiary/aromatic N) is 7. The van der Waals surface area contributed by atoms with E-state index in [1.807, 2.05) is 51.1 Å². The molecule has 0 atom stereocenters. The molecule has 10 aromatic rings. The number of primary amides is 1. The third-order valence-corrected chi connectivity index (χ3v) is 21.5. The summed E-state index contributed by atoms with van der Waals surface area (Å²) in [6.07, 6.45) is 0. The van der Waals surface area contributed by atoms with Crippen LogP contribution in [0.25, 0.3) is 0 Å². The number of hydrogen-bond donors (Lipinski definition) is 6. The topological polar surface area (TPSA) is 382 Å². The van der Waals surface area contributed by atoms with Crippen LogP contribution in [-0.4, -0.2) is 131 Å². The number of rotatable bonds is 12. The number of carbonyl (C=O) groups excluding carboxylic acids is 4. The van der Waals surface area contributed by atoms with Crippen molar-refractivity contribution in [1.29, 1.82) is 10.5 Å². The number of aryl methyl sites for hydroxylation is 5. The number of pyridine rings is 5. The zero-order valence-electron chi connectivity index (χ0n) is 63.5. The van der Waals surface area contributed by atoms with Gasteiger partial charge in [0.2, 0.25) is 23.7 Å². The minimum Gasteiger partial charge on any atom is -0.870 e. The van der Waals surface area contributed by atoms with E-state index in [1.165, 1.54) is 84.9 Å². The molecule has 5 aliphatic rings. The Labute approximate surface area is 744 Å². The molecule has 5 aliphatic heterocycles. The van der Waals surface area contributed by atoms with Crippen LogP contribution in [0.1, 0.15) is 79.4 Å². The molecule has 24 nitrogen and oxygen atoms in total. The predicted octanol–water partition coefficient (Wildman–Crippen LogP) is 13.7. The number of benzene rings is 5. The summed E-state index contributed by atoms with van der Waals surface area (Å²) in [7, 11) is 0. The summed E-state index contributed by atoms with van der Waals surface area (Å²) in [5.74, 6) is -3.33. The van der Waals surface area contributed by atoms with Crippen LogP contribution in [0, 0.1) is 86.6 Å². The Balaban J connectivity index is 0.000000253. The molecule has 5 aromatic heterocycles. The van der Waals surface area contributed by atoms with E-state index in [2.05, 4.69) is 117 Å². The summed E-state index contributed by atoms with van der Waals surface area (Å²) < 4.78 is 79.3. The molecule has 15 rings (SSSR count). The van der Waals surface area contributed by atoms with E-state index in [0.717, 1.165) is 40.7 Å². The van der Waals surface area contributed by atoms with Crippen molar-refractivity contribution in [3.8, 4) is 12.1 Å². The Bertz CT molecular complexity index is 5190. The van der Waals surface area contributed by atoms with Crippen molar-refractivity contribution in [2.75, 3.05) is 87.8 Å². The van der Waals surface area contributed by atoms with Crippen molar-refractivity contribution in [2.24, 2.45) is 11.7 Å².